The Bertz CT molecular complexity index is 438. The van der Waals surface area contributed by atoms with E-state index >= 15 is 0 Å². The fraction of sp³-hybridized carbons (Fsp3) is 0.812. The summed E-state index contributed by atoms with van der Waals surface area (Å²) < 4.78 is 0. The lowest BCUT2D eigenvalue weighted by molar-refractivity contribution is -0.158. The lowest BCUT2D eigenvalue weighted by atomic mass is 9.79. The quantitative estimate of drug-likeness (QED) is 0.809. The zero-order valence-electron chi connectivity index (χ0n) is 12.9. The van der Waals surface area contributed by atoms with E-state index in [1.807, 2.05) is 6.92 Å². The Morgan fingerprint density at radius 3 is 2.29 bits per heavy atom. The van der Waals surface area contributed by atoms with E-state index < -0.39 is 17.4 Å². The summed E-state index contributed by atoms with van der Waals surface area (Å²) in [4.78, 5) is 37.9. The number of carboxylic acids is 1. The van der Waals surface area contributed by atoms with E-state index in [0.29, 0.717) is 6.42 Å². The number of likely N-dealkylation sites (tertiary alicyclic amines) is 1. The van der Waals surface area contributed by atoms with Crippen LogP contribution in [0.5, 0.6) is 0 Å². The van der Waals surface area contributed by atoms with Crippen LogP contribution in [-0.4, -0.2) is 33.8 Å². The van der Waals surface area contributed by atoms with E-state index in [9.17, 15) is 19.5 Å². The van der Waals surface area contributed by atoms with Crippen molar-refractivity contribution in [2.75, 3.05) is 0 Å². The molecule has 0 aromatic heterocycles. The molecule has 2 unspecified atom stereocenters. The number of nitrogens with zero attached hydrogens (tertiary/aromatic N) is 1. The van der Waals surface area contributed by atoms with Gasteiger partial charge in [-0.1, -0.05) is 46.0 Å². The summed E-state index contributed by atoms with van der Waals surface area (Å²) in [7, 11) is 0. The van der Waals surface area contributed by atoms with Crippen LogP contribution in [0.3, 0.4) is 0 Å². The summed E-state index contributed by atoms with van der Waals surface area (Å²) in [5.74, 6) is -1.83. The number of carboxylic acid groups (broad SMARTS) is 1. The van der Waals surface area contributed by atoms with Crippen LogP contribution in [0.2, 0.25) is 0 Å². The molecular weight excluding hydrogens is 270 g/mol. The van der Waals surface area contributed by atoms with Gasteiger partial charge in [-0.05, 0) is 18.8 Å². The Morgan fingerprint density at radius 2 is 1.81 bits per heavy atom. The molecule has 0 radical (unpaired) electrons. The maximum Gasteiger partial charge on any atom is 0.327 e. The first kappa shape index (κ1) is 16.0. The highest BCUT2D eigenvalue weighted by molar-refractivity contribution is 6.08. The fourth-order valence-corrected chi connectivity index (χ4v) is 3.73. The summed E-state index contributed by atoms with van der Waals surface area (Å²) >= 11 is 0. The second kappa shape index (κ2) is 6.16. The standard InChI is InChI=1S/C16H25NO4/c1-3-11(2)13(14(19)20)17-12(18)10-16(15(17)21)8-6-4-5-7-9-16/h11,13H,3-10H2,1-2H3,(H,19,20). The Kier molecular flexibility index (Phi) is 4.69. The van der Waals surface area contributed by atoms with Gasteiger partial charge in [-0.2, -0.15) is 0 Å². The molecule has 5 heteroatoms. The van der Waals surface area contributed by atoms with Crippen molar-refractivity contribution < 1.29 is 19.5 Å². The average Bonchev–Trinajstić information content (AvgIpc) is 2.62. The minimum atomic E-state index is -1.07. The second-order valence-corrected chi connectivity index (χ2v) is 6.61. The highest BCUT2D eigenvalue weighted by atomic mass is 16.4. The van der Waals surface area contributed by atoms with Gasteiger partial charge in [-0.15, -0.1) is 0 Å². The summed E-state index contributed by atoms with van der Waals surface area (Å²) in [5, 5.41) is 9.47. The van der Waals surface area contributed by atoms with Crippen LogP contribution in [0.4, 0.5) is 0 Å². The Balaban J connectivity index is 2.30. The molecule has 1 aliphatic carbocycles. The van der Waals surface area contributed by atoms with Gasteiger partial charge in [0.15, 0.2) is 0 Å². The zero-order chi connectivity index (χ0) is 15.6. The molecule has 2 fully saturated rings. The third kappa shape index (κ3) is 2.83. The fourth-order valence-electron chi connectivity index (χ4n) is 3.73. The van der Waals surface area contributed by atoms with Crippen molar-refractivity contribution in [2.45, 2.75) is 71.3 Å². The number of carbonyl (C=O) groups is 3. The lowest BCUT2D eigenvalue weighted by Gasteiger charge is -2.30. The number of rotatable bonds is 4. The van der Waals surface area contributed by atoms with Gasteiger partial charge < -0.3 is 5.11 Å². The molecule has 0 aromatic rings. The van der Waals surface area contributed by atoms with E-state index in [-0.39, 0.29) is 24.2 Å². The lowest BCUT2D eigenvalue weighted by Crippen LogP contribution is -2.50. The first-order valence-electron chi connectivity index (χ1n) is 8.02. The van der Waals surface area contributed by atoms with Gasteiger partial charge in [-0.25, -0.2) is 4.79 Å². The van der Waals surface area contributed by atoms with Gasteiger partial charge in [0, 0.05) is 6.42 Å². The molecule has 21 heavy (non-hydrogen) atoms. The summed E-state index contributed by atoms with van der Waals surface area (Å²) in [6.07, 6.45) is 6.37. The summed E-state index contributed by atoms with van der Waals surface area (Å²) in [5.41, 5.74) is -0.616. The number of hydrogen-bond acceptors (Lipinski definition) is 3. The van der Waals surface area contributed by atoms with E-state index in [4.69, 9.17) is 0 Å². The van der Waals surface area contributed by atoms with Crippen LogP contribution >= 0.6 is 0 Å². The van der Waals surface area contributed by atoms with E-state index in [1.54, 1.807) is 6.92 Å². The molecule has 118 valence electrons. The monoisotopic (exact) mass is 295 g/mol. The summed E-state index contributed by atoms with van der Waals surface area (Å²) in [6.45, 7) is 3.67. The highest BCUT2D eigenvalue weighted by Gasteiger charge is 2.54. The van der Waals surface area contributed by atoms with E-state index in [0.717, 1.165) is 43.4 Å². The van der Waals surface area contributed by atoms with Crippen LogP contribution in [0.1, 0.15) is 65.2 Å². The molecule has 0 bridgehead atoms. The average molecular weight is 295 g/mol. The highest BCUT2D eigenvalue weighted by Crippen LogP contribution is 2.45. The molecule has 1 N–H and O–H groups in total. The molecular formula is C16H25NO4. The maximum absolute atomic E-state index is 12.9. The molecule has 1 heterocycles. The van der Waals surface area contributed by atoms with E-state index in [2.05, 4.69) is 0 Å². The van der Waals surface area contributed by atoms with Gasteiger partial charge in [0.05, 0.1) is 5.41 Å². The number of aliphatic carboxylic acids is 1. The molecule has 1 saturated carbocycles. The Labute approximate surface area is 125 Å². The molecule has 1 saturated heterocycles. The predicted molar refractivity (Wildman–Crippen MR) is 77.5 cm³/mol. The molecule has 2 aliphatic rings. The first-order chi connectivity index (χ1) is 9.93. The van der Waals surface area contributed by atoms with Crippen LogP contribution in [-0.2, 0) is 14.4 Å². The van der Waals surface area contributed by atoms with Gasteiger partial charge in [0.2, 0.25) is 11.8 Å². The Hall–Kier alpha value is -1.39. The third-order valence-electron chi connectivity index (χ3n) is 5.21. The third-order valence-corrected chi connectivity index (χ3v) is 5.21. The smallest absolute Gasteiger partial charge is 0.327 e. The molecule has 1 aliphatic heterocycles. The Morgan fingerprint density at radius 1 is 1.24 bits per heavy atom. The van der Waals surface area contributed by atoms with Crippen LogP contribution in [0, 0.1) is 11.3 Å². The van der Waals surface area contributed by atoms with E-state index in [1.165, 1.54) is 0 Å². The SMILES string of the molecule is CCC(C)C(C(=O)O)N1C(=O)CC2(CCCCCC2)C1=O. The zero-order valence-corrected chi connectivity index (χ0v) is 12.9. The molecule has 5 nitrogen and oxygen atoms in total. The normalized spacial score (nSPS) is 25.0. The minimum Gasteiger partial charge on any atom is -0.480 e. The van der Waals surface area contributed by atoms with Crippen molar-refractivity contribution in [3.63, 3.8) is 0 Å². The van der Waals surface area contributed by atoms with Crippen molar-refractivity contribution in [3.8, 4) is 0 Å². The van der Waals surface area contributed by atoms with Gasteiger partial charge >= 0.3 is 5.97 Å². The number of imide groups is 1. The van der Waals surface area contributed by atoms with Crippen LogP contribution < -0.4 is 0 Å². The molecule has 1 spiro atoms. The largest absolute Gasteiger partial charge is 0.480 e. The molecule has 2 rings (SSSR count). The number of hydrogen-bond donors (Lipinski definition) is 1. The molecule has 0 aromatic carbocycles. The maximum atomic E-state index is 12.9. The van der Waals surface area contributed by atoms with Crippen LogP contribution in [0.25, 0.3) is 0 Å². The van der Waals surface area contributed by atoms with Crippen molar-refractivity contribution >= 4 is 17.8 Å². The van der Waals surface area contributed by atoms with Crippen molar-refractivity contribution in [3.05, 3.63) is 0 Å². The van der Waals surface area contributed by atoms with Gasteiger partial charge in [0.25, 0.3) is 0 Å². The first-order valence-corrected chi connectivity index (χ1v) is 8.02. The second-order valence-electron chi connectivity index (χ2n) is 6.61. The molecule has 2 amide bonds. The van der Waals surface area contributed by atoms with Crippen LogP contribution in [0.15, 0.2) is 0 Å². The van der Waals surface area contributed by atoms with Crippen molar-refractivity contribution in [1.29, 1.82) is 0 Å². The summed E-state index contributed by atoms with van der Waals surface area (Å²) in [6, 6.07) is -1.02. The molecule has 2 atom stereocenters. The van der Waals surface area contributed by atoms with Crippen molar-refractivity contribution in [2.24, 2.45) is 11.3 Å². The van der Waals surface area contributed by atoms with Gasteiger partial charge in [-0.3, -0.25) is 14.5 Å². The number of amides is 2. The van der Waals surface area contributed by atoms with Gasteiger partial charge in [0.1, 0.15) is 6.04 Å². The topological polar surface area (TPSA) is 74.7 Å². The number of carbonyl (C=O) groups excluding carboxylic acids is 2. The predicted octanol–water partition coefficient (Wildman–Crippen LogP) is 2.59. The minimum absolute atomic E-state index is 0.200. The van der Waals surface area contributed by atoms with Crippen molar-refractivity contribution in [1.82, 2.24) is 4.90 Å².